The fourth-order valence-corrected chi connectivity index (χ4v) is 2.73. The number of hydrogen-bond donors (Lipinski definition) is 2. The third-order valence-electron chi connectivity index (χ3n) is 3.58. The molecule has 0 saturated carbocycles. The van der Waals surface area contributed by atoms with Gasteiger partial charge in [0.2, 0.25) is 17.7 Å². The van der Waals surface area contributed by atoms with Gasteiger partial charge in [-0.25, -0.2) is 0 Å². The van der Waals surface area contributed by atoms with E-state index in [4.69, 9.17) is 10.3 Å². The van der Waals surface area contributed by atoms with E-state index in [9.17, 15) is 9.59 Å². The molecule has 22 heavy (non-hydrogen) atoms. The lowest BCUT2D eigenvalue weighted by Gasteiger charge is -2.29. The highest BCUT2D eigenvalue weighted by molar-refractivity contribution is 7.97. The molecule has 0 bridgehead atoms. The van der Waals surface area contributed by atoms with Gasteiger partial charge in [-0.15, -0.1) is 0 Å². The maximum Gasteiger partial charge on any atom is 0.246 e. The number of nitrogens with two attached hydrogens (primary N) is 1. The summed E-state index contributed by atoms with van der Waals surface area (Å²) in [6.07, 6.45) is 3.38. The molecule has 0 aliphatic carbocycles. The van der Waals surface area contributed by atoms with Crippen LogP contribution in [0.15, 0.2) is 4.52 Å². The Bertz CT molecular complexity index is 514. The highest BCUT2D eigenvalue weighted by atomic mass is 32.2. The van der Waals surface area contributed by atoms with Gasteiger partial charge >= 0.3 is 0 Å². The minimum Gasteiger partial charge on any atom is -0.369 e. The van der Waals surface area contributed by atoms with Gasteiger partial charge in [-0.2, -0.15) is 16.7 Å². The van der Waals surface area contributed by atoms with Crippen molar-refractivity contribution < 1.29 is 14.1 Å². The predicted molar refractivity (Wildman–Crippen MR) is 81.7 cm³/mol. The van der Waals surface area contributed by atoms with Gasteiger partial charge in [0.15, 0.2) is 5.82 Å². The minimum absolute atomic E-state index is 0.0624. The van der Waals surface area contributed by atoms with E-state index in [0.29, 0.717) is 49.9 Å². The number of likely N-dealkylation sites (tertiary alicyclic amines) is 1. The number of nitrogens with zero attached hydrogens (tertiary/aromatic N) is 3. The maximum absolute atomic E-state index is 11.9. The van der Waals surface area contributed by atoms with Crippen LogP contribution in [0.1, 0.15) is 24.6 Å². The van der Waals surface area contributed by atoms with Crippen LogP contribution in [0, 0.1) is 5.92 Å². The number of primary amides is 1. The van der Waals surface area contributed by atoms with Gasteiger partial charge in [0, 0.05) is 5.92 Å². The molecule has 0 unspecified atom stereocenters. The van der Waals surface area contributed by atoms with Crippen LogP contribution in [0.25, 0.3) is 0 Å². The molecule has 0 aromatic carbocycles. The molecule has 8 nitrogen and oxygen atoms in total. The molecule has 2 heterocycles. The third kappa shape index (κ3) is 4.99. The summed E-state index contributed by atoms with van der Waals surface area (Å²) in [4.78, 5) is 29.2. The van der Waals surface area contributed by atoms with Crippen molar-refractivity contribution in [3.8, 4) is 0 Å². The van der Waals surface area contributed by atoms with Crippen molar-refractivity contribution >= 4 is 23.6 Å². The van der Waals surface area contributed by atoms with E-state index in [2.05, 4.69) is 15.5 Å². The Balaban J connectivity index is 1.68. The van der Waals surface area contributed by atoms with E-state index in [-0.39, 0.29) is 24.3 Å². The summed E-state index contributed by atoms with van der Waals surface area (Å²) >= 11 is 1.61. The Kier molecular flexibility index (Phi) is 6.20. The van der Waals surface area contributed by atoms with Crippen LogP contribution in [0.3, 0.4) is 0 Å². The molecule has 1 aromatic rings. The van der Waals surface area contributed by atoms with E-state index < -0.39 is 0 Å². The van der Waals surface area contributed by atoms with Crippen molar-refractivity contribution in [2.75, 3.05) is 25.9 Å². The second kappa shape index (κ2) is 8.14. The lowest BCUT2D eigenvalue weighted by atomic mass is 9.96. The second-order valence-electron chi connectivity index (χ2n) is 5.27. The third-order valence-corrected chi connectivity index (χ3v) is 4.12. The quantitative estimate of drug-likeness (QED) is 0.709. The lowest BCUT2D eigenvalue weighted by Crippen LogP contribution is -2.43. The largest absolute Gasteiger partial charge is 0.369 e. The lowest BCUT2D eigenvalue weighted by molar-refractivity contribution is -0.124. The number of carbonyl (C=O) groups excluding carboxylic acids is 2. The number of hydrogen-bond acceptors (Lipinski definition) is 7. The van der Waals surface area contributed by atoms with E-state index in [1.807, 2.05) is 11.2 Å². The Labute approximate surface area is 133 Å². The smallest absolute Gasteiger partial charge is 0.246 e. The average molecular weight is 327 g/mol. The SMILES string of the molecule is CSCc1noc(CNC(=O)CN2CCC(C(N)=O)CC2)n1. The van der Waals surface area contributed by atoms with E-state index in [1.165, 1.54) is 0 Å². The second-order valence-corrected chi connectivity index (χ2v) is 6.13. The number of rotatable bonds is 7. The summed E-state index contributed by atoms with van der Waals surface area (Å²) < 4.78 is 5.04. The van der Waals surface area contributed by atoms with Crippen LogP contribution < -0.4 is 11.1 Å². The summed E-state index contributed by atoms with van der Waals surface area (Å²) in [7, 11) is 0. The average Bonchev–Trinajstić information content (AvgIpc) is 2.94. The molecule has 122 valence electrons. The molecule has 2 amide bonds. The van der Waals surface area contributed by atoms with Gasteiger partial charge in [-0.1, -0.05) is 5.16 Å². The molecule has 1 aliphatic rings. The summed E-state index contributed by atoms with van der Waals surface area (Å²) in [5, 5.41) is 6.57. The molecule has 0 spiro atoms. The maximum atomic E-state index is 11.9. The summed E-state index contributed by atoms with van der Waals surface area (Å²) in [6, 6.07) is 0. The standard InChI is InChI=1S/C13H21N5O3S/c1-22-8-10-16-12(21-17-10)6-15-11(19)7-18-4-2-9(3-5-18)13(14)20/h9H,2-8H2,1H3,(H2,14,20)(H,15,19). The summed E-state index contributed by atoms with van der Waals surface area (Å²) in [5.74, 6) is 1.32. The molecule has 2 rings (SSSR count). The highest BCUT2D eigenvalue weighted by Crippen LogP contribution is 2.16. The first-order valence-corrected chi connectivity index (χ1v) is 8.56. The monoisotopic (exact) mass is 327 g/mol. The zero-order chi connectivity index (χ0) is 15.9. The molecule has 0 atom stereocenters. The molecule has 1 aromatic heterocycles. The summed E-state index contributed by atoms with van der Waals surface area (Å²) in [6.45, 7) is 1.95. The fourth-order valence-electron chi connectivity index (χ4n) is 2.36. The van der Waals surface area contributed by atoms with Crippen molar-refractivity contribution in [2.24, 2.45) is 11.7 Å². The molecule has 0 radical (unpaired) electrons. The predicted octanol–water partition coefficient (Wildman–Crippen LogP) is -0.254. The fraction of sp³-hybridized carbons (Fsp3) is 0.692. The first-order chi connectivity index (χ1) is 10.6. The van der Waals surface area contributed by atoms with Crippen molar-refractivity contribution in [1.29, 1.82) is 0 Å². The molecule has 1 fully saturated rings. The van der Waals surface area contributed by atoms with Gasteiger partial charge in [-0.05, 0) is 32.2 Å². The van der Waals surface area contributed by atoms with Crippen LogP contribution in [0.5, 0.6) is 0 Å². The van der Waals surface area contributed by atoms with Gasteiger partial charge in [0.05, 0.1) is 18.8 Å². The van der Waals surface area contributed by atoms with Crippen LogP contribution in [-0.2, 0) is 21.9 Å². The molecular weight excluding hydrogens is 306 g/mol. The highest BCUT2D eigenvalue weighted by Gasteiger charge is 2.24. The normalized spacial score (nSPS) is 16.6. The van der Waals surface area contributed by atoms with E-state index in [1.54, 1.807) is 11.8 Å². The van der Waals surface area contributed by atoms with Crippen molar-refractivity contribution in [3.63, 3.8) is 0 Å². The summed E-state index contributed by atoms with van der Waals surface area (Å²) in [5.41, 5.74) is 5.29. The number of thioether (sulfide) groups is 1. The van der Waals surface area contributed by atoms with E-state index >= 15 is 0 Å². The zero-order valence-corrected chi connectivity index (χ0v) is 13.4. The topological polar surface area (TPSA) is 114 Å². The Morgan fingerprint density at radius 2 is 2.18 bits per heavy atom. The molecule has 1 saturated heterocycles. The van der Waals surface area contributed by atoms with Crippen molar-refractivity contribution in [2.45, 2.75) is 25.1 Å². The first kappa shape index (κ1) is 16.8. The first-order valence-electron chi connectivity index (χ1n) is 7.17. The molecule has 3 N–H and O–H groups in total. The van der Waals surface area contributed by atoms with E-state index in [0.717, 1.165) is 0 Å². The van der Waals surface area contributed by atoms with Gasteiger partial charge in [0.1, 0.15) is 0 Å². The number of carbonyl (C=O) groups is 2. The van der Waals surface area contributed by atoms with Crippen molar-refractivity contribution in [3.05, 3.63) is 11.7 Å². The number of amides is 2. The number of piperidine rings is 1. The minimum atomic E-state index is -0.249. The van der Waals surface area contributed by atoms with Crippen LogP contribution in [0.2, 0.25) is 0 Å². The Hall–Kier alpha value is -1.61. The Morgan fingerprint density at radius 1 is 1.45 bits per heavy atom. The van der Waals surface area contributed by atoms with Crippen LogP contribution in [-0.4, -0.2) is 52.7 Å². The molecule has 1 aliphatic heterocycles. The van der Waals surface area contributed by atoms with Gasteiger partial charge in [-0.3, -0.25) is 14.5 Å². The van der Waals surface area contributed by atoms with Crippen molar-refractivity contribution in [1.82, 2.24) is 20.4 Å². The zero-order valence-electron chi connectivity index (χ0n) is 12.6. The molecule has 9 heteroatoms. The number of aromatic nitrogens is 2. The van der Waals surface area contributed by atoms with Gasteiger partial charge in [0.25, 0.3) is 0 Å². The molecular formula is C13H21N5O3S. The van der Waals surface area contributed by atoms with Crippen LogP contribution in [0.4, 0.5) is 0 Å². The Morgan fingerprint density at radius 3 is 2.82 bits per heavy atom. The number of nitrogens with one attached hydrogen (secondary N) is 1. The van der Waals surface area contributed by atoms with Gasteiger partial charge < -0.3 is 15.6 Å². The van der Waals surface area contributed by atoms with Crippen LogP contribution >= 0.6 is 11.8 Å².